The van der Waals surface area contributed by atoms with Gasteiger partial charge in [-0.25, -0.2) is 4.39 Å². The number of carbonyl (C=O) groups excluding carboxylic acids is 3. The molecular weight excluding hydrogens is 387 g/mol. The molecule has 140 valence electrons. The Balaban J connectivity index is 1.68. The van der Waals surface area contributed by atoms with Crippen LogP contribution in [0, 0.1) is 5.82 Å². The van der Waals surface area contributed by atoms with Gasteiger partial charge in [-0.2, -0.15) is 0 Å². The summed E-state index contributed by atoms with van der Waals surface area (Å²) in [4.78, 5) is 40.8. The standard InChI is InChI=1S/C19H17FN2O3S2/c1-12(13-5-7-14(20)8-6-13)21(2)17(23)11-22-18(24)16(27-19(22)25)10-15-4-3-9-26-15/h3-10,12H,11H2,1-2H3/b16-10-. The van der Waals surface area contributed by atoms with Crippen LogP contribution in [0.15, 0.2) is 46.7 Å². The third-order valence-corrected chi connectivity index (χ3v) is 6.04. The van der Waals surface area contributed by atoms with Crippen LogP contribution < -0.4 is 0 Å². The minimum atomic E-state index is -0.463. The van der Waals surface area contributed by atoms with Gasteiger partial charge in [0.05, 0.1) is 10.9 Å². The first-order valence-corrected chi connectivity index (χ1v) is 9.86. The van der Waals surface area contributed by atoms with Crippen LogP contribution in [-0.2, 0) is 9.59 Å². The van der Waals surface area contributed by atoms with E-state index in [1.54, 1.807) is 32.2 Å². The minimum absolute atomic E-state index is 0.310. The largest absolute Gasteiger partial charge is 0.337 e. The fourth-order valence-corrected chi connectivity index (χ4v) is 4.13. The van der Waals surface area contributed by atoms with Gasteiger partial charge in [-0.05, 0) is 53.9 Å². The molecule has 1 saturated heterocycles. The molecule has 0 radical (unpaired) electrons. The van der Waals surface area contributed by atoms with Gasteiger partial charge in [-0.1, -0.05) is 18.2 Å². The van der Waals surface area contributed by atoms with Crippen molar-refractivity contribution in [3.05, 3.63) is 62.9 Å². The molecule has 8 heteroatoms. The van der Waals surface area contributed by atoms with Crippen molar-refractivity contribution in [3.63, 3.8) is 0 Å². The zero-order chi connectivity index (χ0) is 19.6. The average molecular weight is 404 g/mol. The zero-order valence-electron chi connectivity index (χ0n) is 14.7. The fourth-order valence-electron chi connectivity index (χ4n) is 2.57. The summed E-state index contributed by atoms with van der Waals surface area (Å²) in [5, 5.41) is 1.42. The summed E-state index contributed by atoms with van der Waals surface area (Å²) in [6.45, 7) is 1.48. The van der Waals surface area contributed by atoms with E-state index in [1.165, 1.54) is 28.4 Å². The second kappa shape index (κ2) is 8.06. The molecule has 0 N–H and O–H groups in total. The monoisotopic (exact) mass is 404 g/mol. The quantitative estimate of drug-likeness (QED) is 0.703. The topological polar surface area (TPSA) is 57.7 Å². The van der Waals surface area contributed by atoms with E-state index in [2.05, 4.69) is 0 Å². The number of thiophene rings is 1. The molecule has 27 heavy (non-hydrogen) atoms. The Morgan fingerprint density at radius 2 is 1.96 bits per heavy atom. The van der Waals surface area contributed by atoms with Gasteiger partial charge in [-0.3, -0.25) is 19.3 Å². The van der Waals surface area contributed by atoms with Crippen LogP contribution in [-0.4, -0.2) is 40.4 Å². The molecule has 3 amide bonds. The summed E-state index contributed by atoms with van der Waals surface area (Å²) in [5.41, 5.74) is 0.763. The molecule has 0 bridgehead atoms. The van der Waals surface area contributed by atoms with Crippen LogP contribution in [0.25, 0.3) is 6.08 Å². The van der Waals surface area contributed by atoms with Crippen molar-refractivity contribution < 1.29 is 18.8 Å². The second-order valence-corrected chi connectivity index (χ2v) is 7.99. The Hall–Kier alpha value is -2.45. The van der Waals surface area contributed by atoms with Crippen LogP contribution in [0.3, 0.4) is 0 Å². The van der Waals surface area contributed by atoms with Crippen LogP contribution in [0.4, 0.5) is 9.18 Å². The lowest BCUT2D eigenvalue weighted by Crippen LogP contribution is -2.41. The van der Waals surface area contributed by atoms with Crippen molar-refractivity contribution in [2.24, 2.45) is 0 Å². The van der Waals surface area contributed by atoms with Gasteiger partial charge in [0.1, 0.15) is 12.4 Å². The lowest BCUT2D eigenvalue weighted by molar-refractivity contribution is -0.136. The number of amides is 3. The van der Waals surface area contributed by atoms with Gasteiger partial charge in [-0.15, -0.1) is 11.3 Å². The van der Waals surface area contributed by atoms with Crippen molar-refractivity contribution >= 4 is 46.2 Å². The molecule has 1 fully saturated rings. The molecule has 2 heterocycles. The van der Waals surface area contributed by atoms with Crippen molar-refractivity contribution in [3.8, 4) is 0 Å². The zero-order valence-corrected chi connectivity index (χ0v) is 16.3. The third-order valence-electron chi connectivity index (χ3n) is 4.31. The summed E-state index contributed by atoms with van der Waals surface area (Å²) >= 11 is 2.29. The van der Waals surface area contributed by atoms with E-state index in [0.29, 0.717) is 4.91 Å². The molecule has 0 aliphatic carbocycles. The molecule has 0 spiro atoms. The lowest BCUT2D eigenvalue weighted by Gasteiger charge is -2.26. The van der Waals surface area contributed by atoms with E-state index in [9.17, 15) is 18.8 Å². The number of halogens is 1. The molecule has 1 aliphatic heterocycles. The number of rotatable bonds is 5. The summed E-state index contributed by atoms with van der Waals surface area (Å²) in [6.07, 6.45) is 1.66. The van der Waals surface area contributed by atoms with Crippen molar-refractivity contribution in [1.82, 2.24) is 9.80 Å². The number of hydrogen-bond acceptors (Lipinski definition) is 5. The van der Waals surface area contributed by atoms with Crippen LogP contribution in [0.5, 0.6) is 0 Å². The smallest absolute Gasteiger partial charge is 0.294 e. The summed E-state index contributed by atoms with van der Waals surface area (Å²) in [5.74, 6) is -1.18. The highest BCUT2D eigenvalue weighted by atomic mass is 32.2. The molecule has 2 aromatic rings. The second-order valence-electron chi connectivity index (χ2n) is 6.02. The first-order chi connectivity index (χ1) is 12.9. The number of hydrogen-bond donors (Lipinski definition) is 0. The number of thioether (sulfide) groups is 1. The van der Waals surface area contributed by atoms with Crippen molar-refractivity contribution in [1.29, 1.82) is 0 Å². The van der Waals surface area contributed by atoms with Gasteiger partial charge in [0.2, 0.25) is 5.91 Å². The number of likely N-dealkylation sites (N-methyl/N-ethyl adjacent to an activating group) is 1. The van der Waals surface area contributed by atoms with Gasteiger partial charge in [0.25, 0.3) is 11.1 Å². The van der Waals surface area contributed by atoms with E-state index in [4.69, 9.17) is 0 Å². The van der Waals surface area contributed by atoms with E-state index < -0.39 is 11.1 Å². The summed E-state index contributed by atoms with van der Waals surface area (Å²) in [7, 11) is 1.59. The van der Waals surface area contributed by atoms with Crippen LogP contribution >= 0.6 is 23.1 Å². The molecule has 5 nitrogen and oxygen atoms in total. The number of benzene rings is 1. The van der Waals surface area contributed by atoms with Crippen molar-refractivity contribution in [2.45, 2.75) is 13.0 Å². The Morgan fingerprint density at radius 3 is 2.59 bits per heavy atom. The molecule has 1 atom stereocenters. The summed E-state index contributed by atoms with van der Waals surface area (Å²) < 4.78 is 13.1. The normalized spacial score (nSPS) is 16.9. The molecule has 1 aliphatic rings. The van der Waals surface area contributed by atoms with E-state index in [0.717, 1.165) is 27.1 Å². The van der Waals surface area contributed by atoms with Gasteiger partial charge >= 0.3 is 0 Å². The fraction of sp³-hybridized carbons (Fsp3) is 0.211. The highest BCUT2D eigenvalue weighted by molar-refractivity contribution is 8.18. The predicted octanol–water partition coefficient (Wildman–Crippen LogP) is 4.14. The van der Waals surface area contributed by atoms with Crippen molar-refractivity contribution in [2.75, 3.05) is 13.6 Å². The molecule has 0 saturated carbocycles. The average Bonchev–Trinajstić information content (AvgIpc) is 3.25. The number of nitrogens with zero attached hydrogens (tertiary/aromatic N) is 2. The maximum atomic E-state index is 13.1. The van der Waals surface area contributed by atoms with E-state index in [-0.39, 0.29) is 24.3 Å². The predicted molar refractivity (Wildman–Crippen MR) is 105 cm³/mol. The van der Waals surface area contributed by atoms with E-state index >= 15 is 0 Å². The Kier molecular flexibility index (Phi) is 5.76. The Labute approximate surface area is 164 Å². The Morgan fingerprint density at radius 1 is 1.26 bits per heavy atom. The van der Waals surface area contributed by atoms with Crippen LogP contribution in [0.2, 0.25) is 0 Å². The van der Waals surface area contributed by atoms with E-state index in [1.807, 2.05) is 17.5 Å². The van der Waals surface area contributed by atoms with Gasteiger partial charge in [0.15, 0.2) is 0 Å². The summed E-state index contributed by atoms with van der Waals surface area (Å²) in [6, 6.07) is 9.25. The maximum absolute atomic E-state index is 13.1. The number of imide groups is 1. The Bertz CT molecular complexity index is 894. The lowest BCUT2D eigenvalue weighted by atomic mass is 10.1. The molecule has 1 aromatic heterocycles. The first kappa shape index (κ1) is 19.3. The van der Waals surface area contributed by atoms with Gasteiger partial charge in [0, 0.05) is 11.9 Å². The SMILES string of the molecule is CC(c1ccc(F)cc1)N(C)C(=O)CN1C(=O)S/C(=C\c2cccs2)C1=O. The third kappa shape index (κ3) is 4.28. The van der Waals surface area contributed by atoms with Gasteiger partial charge < -0.3 is 4.90 Å². The highest BCUT2D eigenvalue weighted by Crippen LogP contribution is 2.33. The molecule has 3 rings (SSSR count). The van der Waals surface area contributed by atoms with Crippen LogP contribution in [0.1, 0.15) is 23.4 Å². The number of carbonyl (C=O) groups is 3. The first-order valence-electron chi connectivity index (χ1n) is 8.17. The maximum Gasteiger partial charge on any atom is 0.294 e. The molecular formula is C19H17FN2O3S2. The minimum Gasteiger partial charge on any atom is -0.337 e. The highest BCUT2D eigenvalue weighted by Gasteiger charge is 2.37. The molecule has 1 aromatic carbocycles. The molecule has 1 unspecified atom stereocenters.